The molecule has 1 N–H and O–H groups in total. The molecule has 1 heterocycles. The number of hydrogen-bond donors (Lipinski definition) is 1. The zero-order valence-electron chi connectivity index (χ0n) is 10.8. The lowest BCUT2D eigenvalue weighted by atomic mass is 10.2. The maximum atomic E-state index is 10.5. The van der Waals surface area contributed by atoms with Gasteiger partial charge < -0.3 is 14.5 Å². The van der Waals surface area contributed by atoms with Gasteiger partial charge in [-0.3, -0.25) is 10.1 Å². The molecule has 0 aliphatic carbocycles. The third-order valence-electron chi connectivity index (χ3n) is 2.72. The van der Waals surface area contributed by atoms with Crippen LogP contribution in [0, 0.1) is 10.1 Å². The molecule has 20 heavy (non-hydrogen) atoms. The Kier molecular flexibility index (Phi) is 4.60. The predicted molar refractivity (Wildman–Crippen MR) is 73.9 cm³/mol. The molecule has 106 valence electrons. The van der Waals surface area contributed by atoms with Gasteiger partial charge in [0, 0.05) is 17.1 Å². The summed E-state index contributed by atoms with van der Waals surface area (Å²) < 4.78 is 10.3. The molecule has 0 saturated carbocycles. The number of halogens is 1. The van der Waals surface area contributed by atoms with Gasteiger partial charge in [-0.15, -0.1) is 0 Å². The number of furan rings is 1. The summed E-state index contributed by atoms with van der Waals surface area (Å²) in [4.78, 5) is 9.93. The Bertz CT molecular complexity index is 612. The Labute approximate surface area is 120 Å². The van der Waals surface area contributed by atoms with Crippen molar-refractivity contribution >= 4 is 17.5 Å². The second-order valence-electron chi connectivity index (χ2n) is 4.02. The van der Waals surface area contributed by atoms with E-state index >= 15 is 0 Å². The summed E-state index contributed by atoms with van der Waals surface area (Å²) in [5.74, 6) is 0.912. The number of nitrogens with one attached hydrogen (secondary N) is 1. The van der Waals surface area contributed by atoms with Crippen LogP contribution in [0.5, 0.6) is 5.75 Å². The molecule has 0 atom stereocenters. The molecule has 0 aliphatic rings. The molecule has 0 fully saturated rings. The van der Waals surface area contributed by atoms with Crippen LogP contribution in [-0.4, -0.2) is 12.0 Å². The number of benzene rings is 1. The lowest BCUT2D eigenvalue weighted by molar-refractivity contribution is -0.402. The third kappa shape index (κ3) is 3.28. The van der Waals surface area contributed by atoms with Gasteiger partial charge in [-0.2, -0.15) is 0 Å². The van der Waals surface area contributed by atoms with E-state index in [4.69, 9.17) is 20.8 Å². The Morgan fingerprint density at radius 2 is 2.15 bits per heavy atom. The monoisotopic (exact) mass is 296 g/mol. The Hall–Kier alpha value is -2.05. The number of ether oxygens (including phenoxy) is 1. The Morgan fingerprint density at radius 1 is 1.35 bits per heavy atom. The summed E-state index contributed by atoms with van der Waals surface area (Å²) in [5.41, 5.74) is 0.831. The molecule has 1 aromatic heterocycles. The maximum Gasteiger partial charge on any atom is 0.433 e. The lowest BCUT2D eigenvalue weighted by Gasteiger charge is -2.10. The van der Waals surface area contributed by atoms with Crippen molar-refractivity contribution in [2.24, 2.45) is 0 Å². The summed E-state index contributed by atoms with van der Waals surface area (Å²) >= 11 is 6.10. The zero-order valence-corrected chi connectivity index (χ0v) is 11.5. The van der Waals surface area contributed by atoms with Crippen molar-refractivity contribution in [2.75, 3.05) is 7.11 Å². The molecular formula is C13H13ClN2O4. The van der Waals surface area contributed by atoms with Gasteiger partial charge in [0.2, 0.25) is 0 Å². The van der Waals surface area contributed by atoms with Crippen molar-refractivity contribution in [1.82, 2.24) is 5.32 Å². The molecule has 0 bridgehead atoms. The third-order valence-corrected chi connectivity index (χ3v) is 3.08. The van der Waals surface area contributed by atoms with Crippen LogP contribution in [0.4, 0.5) is 5.88 Å². The summed E-state index contributed by atoms with van der Waals surface area (Å²) in [6.45, 7) is 0.833. The van der Waals surface area contributed by atoms with Crippen molar-refractivity contribution in [1.29, 1.82) is 0 Å². The normalized spacial score (nSPS) is 10.5. The van der Waals surface area contributed by atoms with Gasteiger partial charge in [0.25, 0.3) is 0 Å². The molecule has 0 spiro atoms. The maximum absolute atomic E-state index is 10.5. The quantitative estimate of drug-likeness (QED) is 0.654. The molecule has 2 aromatic rings. The highest BCUT2D eigenvalue weighted by Crippen LogP contribution is 2.26. The molecule has 0 radical (unpaired) electrons. The summed E-state index contributed by atoms with van der Waals surface area (Å²) in [7, 11) is 1.57. The highest BCUT2D eigenvalue weighted by molar-refractivity contribution is 6.31. The van der Waals surface area contributed by atoms with E-state index in [2.05, 4.69) is 5.32 Å². The van der Waals surface area contributed by atoms with E-state index in [-0.39, 0.29) is 5.88 Å². The smallest absolute Gasteiger partial charge is 0.433 e. The van der Waals surface area contributed by atoms with Crippen LogP contribution in [0.1, 0.15) is 11.3 Å². The number of hydrogen-bond acceptors (Lipinski definition) is 5. The van der Waals surface area contributed by atoms with Crippen molar-refractivity contribution in [3.8, 4) is 5.75 Å². The van der Waals surface area contributed by atoms with Crippen LogP contribution in [0.3, 0.4) is 0 Å². The molecule has 0 amide bonds. The van der Waals surface area contributed by atoms with E-state index in [9.17, 15) is 10.1 Å². The first-order valence-corrected chi connectivity index (χ1v) is 6.25. The van der Waals surface area contributed by atoms with Crippen LogP contribution >= 0.6 is 11.6 Å². The van der Waals surface area contributed by atoms with E-state index in [1.165, 1.54) is 6.07 Å². The number of methoxy groups -OCH3 is 1. The van der Waals surface area contributed by atoms with Crippen molar-refractivity contribution in [2.45, 2.75) is 13.1 Å². The highest BCUT2D eigenvalue weighted by atomic mass is 35.5. The fourth-order valence-electron chi connectivity index (χ4n) is 1.77. The van der Waals surface area contributed by atoms with E-state index in [1.54, 1.807) is 25.3 Å². The summed E-state index contributed by atoms with van der Waals surface area (Å²) in [5, 5.41) is 14.2. The van der Waals surface area contributed by atoms with Crippen LogP contribution in [0.2, 0.25) is 5.02 Å². The van der Waals surface area contributed by atoms with E-state index in [0.717, 1.165) is 5.56 Å². The van der Waals surface area contributed by atoms with Gasteiger partial charge in [0.15, 0.2) is 0 Å². The molecule has 0 aliphatic heterocycles. The Balaban J connectivity index is 1.97. The first kappa shape index (κ1) is 14.4. The number of nitro groups is 1. The average Bonchev–Trinajstić information content (AvgIpc) is 2.89. The minimum absolute atomic E-state index is 0.267. The molecule has 7 heteroatoms. The topological polar surface area (TPSA) is 77.5 Å². The standard InChI is InChI=1S/C13H13ClN2O4/c1-19-12-4-2-3-11(14)10(12)8-15-7-9-5-6-13(20-9)16(17)18/h2-6,15H,7-8H2,1H3. The van der Waals surface area contributed by atoms with Gasteiger partial charge in [-0.05, 0) is 18.2 Å². The molecule has 1 aromatic carbocycles. The largest absolute Gasteiger partial charge is 0.496 e. The van der Waals surface area contributed by atoms with Gasteiger partial charge >= 0.3 is 5.88 Å². The summed E-state index contributed by atoms with van der Waals surface area (Å²) in [6, 6.07) is 8.29. The fraction of sp³-hybridized carbons (Fsp3) is 0.231. The summed E-state index contributed by atoms with van der Waals surface area (Å²) in [6.07, 6.45) is 0. The number of rotatable bonds is 6. The van der Waals surface area contributed by atoms with Crippen LogP contribution in [0.25, 0.3) is 0 Å². The predicted octanol–water partition coefficient (Wildman–Crippen LogP) is 3.14. The minimum atomic E-state index is -0.569. The fourth-order valence-corrected chi connectivity index (χ4v) is 2.00. The molecular weight excluding hydrogens is 284 g/mol. The van der Waals surface area contributed by atoms with Gasteiger partial charge in [-0.25, -0.2) is 0 Å². The van der Waals surface area contributed by atoms with Crippen molar-refractivity contribution in [3.63, 3.8) is 0 Å². The van der Waals surface area contributed by atoms with Crippen molar-refractivity contribution in [3.05, 3.63) is 56.8 Å². The first-order chi connectivity index (χ1) is 9.61. The van der Waals surface area contributed by atoms with Gasteiger partial charge in [0.1, 0.15) is 16.4 Å². The molecule has 6 nitrogen and oxygen atoms in total. The zero-order chi connectivity index (χ0) is 14.5. The van der Waals surface area contributed by atoms with Crippen LogP contribution in [-0.2, 0) is 13.1 Å². The van der Waals surface area contributed by atoms with E-state index in [1.807, 2.05) is 6.07 Å². The highest BCUT2D eigenvalue weighted by Gasteiger charge is 2.12. The van der Waals surface area contributed by atoms with E-state index < -0.39 is 4.92 Å². The van der Waals surface area contributed by atoms with Gasteiger partial charge in [-0.1, -0.05) is 17.7 Å². The van der Waals surface area contributed by atoms with E-state index in [0.29, 0.717) is 29.6 Å². The molecule has 2 rings (SSSR count). The second kappa shape index (κ2) is 6.40. The molecule has 0 saturated heterocycles. The van der Waals surface area contributed by atoms with Crippen LogP contribution in [0.15, 0.2) is 34.7 Å². The number of nitrogens with zero attached hydrogens (tertiary/aromatic N) is 1. The van der Waals surface area contributed by atoms with Gasteiger partial charge in [0.05, 0.1) is 19.7 Å². The SMILES string of the molecule is COc1cccc(Cl)c1CNCc1ccc([N+](=O)[O-])o1. The van der Waals surface area contributed by atoms with Crippen LogP contribution < -0.4 is 10.1 Å². The molecule has 0 unspecified atom stereocenters. The second-order valence-corrected chi connectivity index (χ2v) is 4.43. The van der Waals surface area contributed by atoms with Crippen molar-refractivity contribution < 1.29 is 14.1 Å². The first-order valence-electron chi connectivity index (χ1n) is 5.87. The Morgan fingerprint density at radius 3 is 2.80 bits per heavy atom. The minimum Gasteiger partial charge on any atom is -0.496 e. The lowest BCUT2D eigenvalue weighted by Crippen LogP contribution is -2.13. The average molecular weight is 297 g/mol.